The Morgan fingerprint density at radius 2 is 1.70 bits per heavy atom. The van der Waals surface area contributed by atoms with Gasteiger partial charge in [0.2, 0.25) is 4.33 Å². The van der Waals surface area contributed by atoms with Gasteiger partial charge in [-0.2, -0.15) is 0 Å². The zero-order valence-electron chi connectivity index (χ0n) is 16.7. The predicted molar refractivity (Wildman–Crippen MR) is 123 cm³/mol. The minimum atomic E-state index is -4.23. The maximum absolute atomic E-state index is 13.8. The van der Waals surface area contributed by atoms with Crippen LogP contribution in [0.15, 0.2) is 59.5 Å². The molecule has 0 N–H and O–H groups in total. The molecule has 2 atom stereocenters. The van der Waals surface area contributed by atoms with E-state index in [0.29, 0.717) is 5.56 Å². The summed E-state index contributed by atoms with van der Waals surface area (Å²) in [7, 11) is -4.23. The van der Waals surface area contributed by atoms with Crippen molar-refractivity contribution < 1.29 is 13.2 Å². The van der Waals surface area contributed by atoms with E-state index in [2.05, 4.69) is 0 Å². The van der Waals surface area contributed by atoms with Crippen LogP contribution in [0.25, 0.3) is 6.08 Å². The van der Waals surface area contributed by atoms with E-state index in [1.807, 2.05) is 51.1 Å². The molecule has 8 heteroatoms. The summed E-state index contributed by atoms with van der Waals surface area (Å²) in [6.45, 7) is 5.79. The standard InChI is InChI=1S/C22H21Cl2NO3S2/c1-14(2)29-22-18-7-5-4-6-16(18)10-13-19(22)21(23,24)20(26)25(22)30(27,28)17-11-8-15(3)9-12-17/h4-14,19H,1-3H3/t19-,22+/m0/s1. The molecule has 30 heavy (non-hydrogen) atoms. The molecule has 0 radical (unpaired) electrons. The van der Waals surface area contributed by atoms with Gasteiger partial charge in [0.15, 0.2) is 0 Å². The van der Waals surface area contributed by atoms with Crippen LogP contribution >= 0.6 is 35.0 Å². The second-order valence-corrected chi connectivity index (χ2v) is 12.8. The lowest BCUT2D eigenvalue weighted by Gasteiger charge is -2.44. The van der Waals surface area contributed by atoms with Crippen molar-refractivity contribution in [2.24, 2.45) is 5.92 Å². The monoisotopic (exact) mass is 481 g/mol. The number of carbonyl (C=O) groups excluding carboxylic acids is 1. The number of fused-ring (bicyclic) bond motifs is 3. The van der Waals surface area contributed by atoms with Crippen LogP contribution in [-0.2, 0) is 19.7 Å². The fourth-order valence-electron chi connectivity index (χ4n) is 4.14. The maximum Gasteiger partial charge on any atom is 0.275 e. The van der Waals surface area contributed by atoms with Crippen LogP contribution < -0.4 is 0 Å². The topological polar surface area (TPSA) is 54.5 Å². The fraction of sp³-hybridized carbons (Fsp3) is 0.318. The van der Waals surface area contributed by atoms with Crippen molar-refractivity contribution in [1.29, 1.82) is 0 Å². The van der Waals surface area contributed by atoms with Gasteiger partial charge in [-0.25, -0.2) is 12.7 Å². The Hall–Kier alpha value is -1.47. The minimum absolute atomic E-state index is 0.00203. The Balaban J connectivity index is 2.05. The van der Waals surface area contributed by atoms with E-state index >= 15 is 0 Å². The first kappa shape index (κ1) is 21.8. The van der Waals surface area contributed by atoms with E-state index < -0.39 is 31.1 Å². The van der Waals surface area contributed by atoms with Gasteiger partial charge in [-0.3, -0.25) is 4.79 Å². The molecule has 1 amide bonds. The van der Waals surface area contributed by atoms with Crippen molar-refractivity contribution in [2.75, 3.05) is 0 Å². The van der Waals surface area contributed by atoms with E-state index in [1.165, 1.54) is 23.9 Å². The number of thioether (sulfide) groups is 1. The second kappa shape index (κ2) is 7.30. The number of benzene rings is 2. The number of hydrogen-bond donors (Lipinski definition) is 0. The third-order valence-corrected chi connectivity index (χ3v) is 9.57. The number of rotatable bonds is 4. The van der Waals surface area contributed by atoms with Gasteiger partial charge >= 0.3 is 0 Å². The highest BCUT2D eigenvalue weighted by atomic mass is 35.5. The summed E-state index contributed by atoms with van der Waals surface area (Å²) >= 11 is 14.6. The highest BCUT2D eigenvalue weighted by Gasteiger charge is 2.70. The van der Waals surface area contributed by atoms with E-state index in [9.17, 15) is 13.2 Å². The van der Waals surface area contributed by atoms with Crippen LogP contribution in [0, 0.1) is 12.8 Å². The predicted octanol–water partition coefficient (Wildman–Crippen LogP) is 5.34. The number of alkyl halides is 2. The molecule has 0 aromatic heterocycles. The number of nitrogens with zero attached hydrogens (tertiary/aromatic N) is 1. The normalized spacial score (nSPS) is 24.8. The molecule has 1 saturated heterocycles. The Kier molecular flexibility index (Phi) is 5.29. The molecule has 2 aromatic carbocycles. The van der Waals surface area contributed by atoms with Crippen LogP contribution in [0.4, 0.5) is 0 Å². The summed E-state index contributed by atoms with van der Waals surface area (Å²) in [5.74, 6) is -1.57. The van der Waals surface area contributed by atoms with E-state index in [-0.39, 0.29) is 10.1 Å². The van der Waals surface area contributed by atoms with E-state index in [0.717, 1.165) is 15.4 Å². The van der Waals surface area contributed by atoms with Crippen molar-refractivity contribution in [3.8, 4) is 0 Å². The van der Waals surface area contributed by atoms with Gasteiger partial charge in [0, 0.05) is 5.25 Å². The average molecular weight is 482 g/mol. The van der Waals surface area contributed by atoms with Crippen molar-refractivity contribution in [2.45, 2.75) is 40.1 Å². The Morgan fingerprint density at radius 1 is 1.07 bits per heavy atom. The van der Waals surface area contributed by atoms with Crippen molar-refractivity contribution in [3.63, 3.8) is 0 Å². The van der Waals surface area contributed by atoms with Crippen LogP contribution in [0.3, 0.4) is 0 Å². The van der Waals surface area contributed by atoms with Crippen molar-refractivity contribution in [3.05, 3.63) is 71.3 Å². The number of sulfonamides is 1. The SMILES string of the molecule is Cc1ccc(S(=O)(=O)N2C(=O)C(Cl)(Cl)[C@@H]3C=Cc4ccccc4[C@@]32SC(C)C)cc1. The zero-order valence-corrected chi connectivity index (χ0v) is 19.8. The summed E-state index contributed by atoms with van der Waals surface area (Å²) in [6.07, 6.45) is 3.62. The fourth-order valence-corrected chi connectivity index (χ4v) is 8.65. The molecule has 4 rings (SSSR count). The first-order valence-electron chi connectivity index (χ1n) is 9.53. The Bertz CT molecular complexity index is 1140. The molecule has 0 spiro atoms. The van der Waals surface area contributed by atoms with Gasteiger partial charge in [-0.05, 0) is 30.2 Å². The molecule has 0 saturated carbocycles. The molecule has 1 aliphatic heterocycles. The number of hydrogen-bond acceptors (Lipinski definition) is 4. The third-order valence-electron chi connectivity index (χ3n) is 5.37. The lowest BCUT2D eigenvalue weighted by molar-refractivity contribution is -0.125. The molecule has 158 valence electrons. The van der Waals surface area contributed by atoms with Gasteiger partial charge in [0.1, 0.15) is 4.87 Å². The molecule has 1 fully saturated rings. The van der Waals surface area contributed by atoms with Gasteiger partial charge in [0.05, 0.1) is 10.8 Å². The largest absolute Gasteiger partial charge is 0.275 e. The zero-order chi connectivity index (χ0) is 21.9. The summed E-state index contributed by atoms with van der Waals surface area (Å²) < 4.78 is 26.7. The van der Waals surface area contributed by atoms with Crippen molar-refractivity contribution in [1.82, 2.24) is 4.31 Å². The molecule has 1 heterocycles. The quantitative estimate of drug-likeness (QED) is 0.553. The number of carbonyl (C=O) groups is 1. The lowest BCUT2D eigenvalue weighted by atomic mass is 9.84. The highest BCUT2D eigenvalue weighted by molar-refractivity contribution is 8.01. The lowest BCUT2D eigenvalue weighted by Crippen LogP contribution is -2.49. The molecule has 0 unspecified atom stereocenters. The first-order valence-corrected chi connectivity index (χ1v) is 12.6. The van der Waals surface area contributed by atoms with Gasteiger partial charge in [-0.1, -0.05) is 91.2 Å². The van der Waals surface area contributed by atoms with Gasteiger partial charge in [0.25, 0.3) is 15.9 Å². The number of amides is 1. The van der Waals surface area contributed by atoms with E-state index in [4.69, 9.17) is 23.2 Å². The molecular formula is C22H21Cl2NO3S2. The second-order valence-electron chi connectivity index (χ2n) is 7.80. The maximum atomic E-state index is 13.8. The van der Waals surface area contributed by atoms with Crippen LogP contribution in [0.5, 0.6) is 0 Å². The summed E-state index contributed by atoms with van der Waals surface area (Å²) in [4.78, 5) is 12.3. The number of aryl methyl sites for hydroxylation is 1. The van der Waals surface area contributed by atoms with Crippen molar-refractivity contribution >= 4 is 57.0 Å². The summed E-state index contributed by atoms with van der Waals surface area (Å²) in [5.41, 5.74) is 2.47. The van der Waals surface area contributed by atoms with E-state index in [1.54, 1.807) is 18.2 Å². The Labute approximate surface area is 191 Å². The number of halogens is 2. The van der Waals surface area contributed by atoms with Crippen LogP contribution in [0.2, 0.25) is 0 Å². The molecule has 1 aliphatic carbocycles. The summed E-state index contributed by atoms with van der Waals surface area (Å²) in [6, 6.07) is 13.9. The highest BCUT2D eigenvalue weighted by Crippen LogP contribution is 2.64. The molecule has 2 aliphatic rings. The first-order chi connectivity index (χ1) is 14.0. The molecule has 4 nitrogen and oxygen atoms in total. The smallest absolute Gasteiger partial charge is 0.270 e. The van der Waals surface area contributed by atoms with Crippen LogP contribution in [0.1, 0.15) is 30.5 Å². The molecule has 2 aromatic rings. The van der Waals surface area contributed by atoms with Gasteiger partial charge in [-0.15, -0.1) is 11.8 Å². The molecular weight excluding hydrogens is 461 g/mol. The Morgan fingerprint density at radius 3 is 2.33 bits per heavy atom. The third kappa shape index (κ3) is 3.03. The molecule has 0 bridgehead atoms. The van der Waals surface area contributed by atoms with Crippen LogP contribution in [-0.4, -0.2) is 28.2 Å². The minimum Gasteiger partial charge on any atom is -0.270 e. The van der Waals surface area contributed by atoms with Gasteiger partial charge < -0.3 is 0 Å². The average Bonchev–Trinajstić information content (AvgIpc) is 2.85. The summed E-state index contributed by atoms with van der Waals surface area (Å²) in [5, 5.41) is -0.00203.